The quantitative estimate of drug-likeness (QED) is 0.946. The van der Waals surface area contributed by atoms with Crippen molar-refractivity contribution < 1.29 is 4.74 Å². The van der Waals surface area contributed by atoms with Crippen LogP contribution in [0.2, 0.25) is 0 Å². The molecule has 1 aliphatic rings. The van der Waals surface area contributed by atoms with Gasteiger partial charge in [-0.1, -0.05) is 15.9 Å². The molecule has 0 amide bonds. The van der Waals surface area contributed by atoms with E-state index < -0.39 is 0 Å². The van der Waals surface area contributed by atoms with E-state index in [0.29, 0.717) is 6.54 Å². The van der Waals surface area contributed by atoms with Crippen molar-refractivity contribution in [3.05, 3.63) is 34.6 Å². The number of rotatable bonds is 3. The number of ether oxygens (including phenoxy) is 1. The molecule has 0 aromatic carbocycles. The number of halogens is 1. The fraction of sp³-hybridized carbons (Fsp3) is 0.333. The maximum Gasteiger partial charge on any atom is 0.212 e. The first-order valence-electron chi connectivity index (χ1n) is 5.86. The highest BCUT2D eigenvalue weighted by molar-refractivity contribution is 9.10. The molecule has 1 aliphatic heterocycles. The first-order valence-corrected chi connectivity index (χ1v) is 6.65. The van der Waals surface area contributed by atoms with Crippen LogP contribution in [0.15, 0.2) is 28.9 Å². The third-order valence-corrected chi connectivity index (χ3v) is 3.22. The van der Waals surface area contributed by atoms with Crippen LogP contribution in [0.1, 0.15) is 12.1 Å². The lowest BCUT2D eigenvalue weighted by atomic mass is 10.4. The van der Waals surface area contributed by atoms with Gasteiger partial charge in [-0.05, 0) is 12.1 Å². The number of nitrogens with one attached hydrogen (secondary N) is 1. The van der Waals surface area contributed by atoms with Gasteiger partial charge < -0.3 is 10.1 Å². The van der Waals surface area contributed by atoms with Gasteiger partial charge in [0.2, 0.25) is 5.88 Å². The lowest BCUT2D eigenvalue weighted by Gasteiger charge is -2.13. The lowest BCUT2D eigenvalue weighted by Crippen LogP contribution is -2.14. The standard InChI is InChI=1S/C12H13BrN4O/c13-9-2-3-14-11(6-9)15-8-10-7-12-17(16-10)4-1-5-18-12/h2-3,6-7H,1,4-5,8H2,(H,14,15). The number of hydrogen-bond acceptors (Lipinski definition) is 4. The van der Waals surface area contributed by atoms with Crippen LogP contribution in [0.3, 0.4) is 0 Å². The average molecular weight is 309 g/mol. The summed E-state index contributed by atoms with van der Waals surface area (Å²) in [5.74, 6) is 1.69. The van der Waals surface area contributed by atoms with Gasteiger partial charge in [0.1, 0.15) is 5.82 Å². The van der Waals surface area contributed by atoms with E-state index in [1.54, 1.807) is 6.20 Å². The van der Waals surface area contributed by atoms with E-state index in [-0.39, 0.29) is 0 Å². The summed E-state index contributed by atoms with van der Waals surface area (Å²) in [5.41, 5.74) is 0.966. The lowest BCUT2D eigenvalue weighted by molar-refractivity contribution is 0.230. The van der Waals surface area contributed by atoms with Crippen molar-refractivity contribution >= 4 is 21.7 Å². The average Bonchev–Trinajstić information content (AvgIpc) is 2.79. The smallest absolute Gasteiger partial charge is 0.212 e. The zero-order chi connectivity index (χ0) is 12.4. The van der Waals surface area contributed by atoms with Crippen molar-refractivity contribution in [2.75, 3.05) is 11.9 Å². The topological polar surface area (TPSA) is 52.0 Å². The van der Waals surface area contributed by atoms with Gasteiger partial charge in [-0.25, -0.2) is 9.67 Å². The Balaban J connectivity index is 1.68. The summed E-state index contributed by atoms with van der Waals surface area (Å²) in [5, 5.41) is 7.72. The Hall–Kier alpha value is -1.56. The van der Waals surface area contributed by atoms with Gasteiger partial charge in [0.05, 0.1) is 18.8 Å². The molecule has 0 aliphatic carbocycles. The summed E-state index contributed by atoms with van der Waals surface area (Å²) in [6, 6.07) is 5.81. The minimum atomic E-state index is 0.646. The number of hydrogen-bond donors (Lipinski definition) is 1. The van der Waals surface area contributed by atoms with Crippen LogP contribution in [0.5, 0.6) is 5.88 Å². The molecule has 3 rings (SSSR count). The van der Waals surface area contributed by atoms with Crippen molar-refractivity contribution in [1.29, 1.82) is 0 Å². The van der Waals surface area contributed by atoms with Gasteiger partial charge in [-0.15, -0.1) is 0 Å². The highest BCUT2D eigenvalue weighted by Gasteiger charge is 2.12. The van der Waals surface area contributed by atoms with Crippen LogP contribution < -0.4 is 10.1 Å². The van der Waals surface area contributed by atoms with Gasteiger partial charge in [0.15, 0.2) is 0 Å². The molecule has 0 saturated carbocycles. The number of aryl methyl sites for hydroxylation is 1. The minimum absolute atomic E-state index is 0.646. The molecule has 0 radical (unpaired) electrons. The Morgan fingerprint density at radius 2 is 2.39 bits per heavy atom. The van der Waals surface area contributed by atoms with E-state index in [4.69, 9.17) is 4.74 Å². The van der Waals surface area contributed by atoms with Gasteiger partial charge in [-0.3, -0.25) is 0 Å². The van der Waals surface area contributed by atoms with Crippen LogP contribution in [0.4, 0.5) is 5.82 Å². The summed E-state index contributed by atoms with van der Waals surface area (Å²) in [4.78, 5) is 4.23. The van der Waals surface area contributed by atoms with Crippen molar-refractivity contribution in [3.8, 4) is 5.88 Å². The molecule has 1 N–H and O–H groups in total. The zero-order valence-electron chi connectivity index (χ0n) is 9.77. The fourth-order valence-electron chi connectivity index (χ4n) is 1.89. The highest BCUT2D eigenvalue weighted by atomic mass is 79.9. The Labute approximate surface area is 113 Å². The third kappa shape index (κ3) is 2.48. The molecule has 2 aromatic heterocycles. The number of anilines is 1. The SMILES string of the molecule is Brc1ccnc(NCc2cc3n(n2)CCCO3)c1. The molecule has 3 heterocycles. The third-order valence-electron chi connectivity index (χ3n) is 2.73. The van der Waals surface area contributed by atoms with E-state index in [1.165, 1.54) is 0 Å². The predicted octanol–water partition coefficient (Wildman–Crippen LogP) is 2.44. The van der Waals surface area contributed by atoms with Crippen molar-refractivity contribution in [2.24, 2.45) is 0 Å². The molecule has 5 nitrogen and oxygen atoms in total. The fourth-order valence-corrected chi connectivity index (χ4v) is 2.22. The zero-order valence-corrected chi connectivity index (χ0v) is 11.4. The van der Waals surface area contributed by atoms with E-state index >= 15 is 0 Å². The number of pyridine rings is 1. The second-order valence-electron chi connectivity index (χ2n) is 4.11. The Morgan fingerprint density at radius 3 is 3.22 bits per heavy atom. The molecular weight excluding hydrogens is 296 g/mol. The molecule has 0 bridgehead atoms. The van der Waals surface area contributed by atoms with E-state index in [0.717, 1.165) is 41.4 Å². The minimum Gasteiger partial charge on any atom is -0.478 e. The van der Waals surface area contributed by atoms with Crippen LogP contribution in [0, 0.1) is 0 Å². The van der Waals surface area contributed by atoms with Gasteiger partial charge in [0, 0.05) is 29.7 Å². The largest absolute Gasteiger partial charge is 0.478 e. The number of aromatic nitrogens is 3. The molecule has 0 saturated heterocycles. The first-order chi connectivity index (χ1) is 8.81. The summed E-state index contributed by atoms with van der Waals surface area (Å²) >= 11 is 3.42. The Kier molecular flexibility index (Phi) is 3.19. The Morgan fingerprint density at radius 1 is 1.44 bits per heavy atom. The molecular formula is C12H13BrN4O. The molecule has 0 fully saturated rings. The first kappa shape index (κ1) is 11.5. The maximum absolute atomic E-state index is 5.52. The normalized spacial score (nSPS) is 13.8. The predicted molar refractivity (Wildman–Crippen MR) is 71.6 cm³/mol. The summed E-state index contributed by atoms with van der Waals surface area (Å²) in [7, 11) is 0. The van der Waals surface area contributed by atoms with Gasteiger partial charge in [-0.2, -0.15) is 5.10 Å². The van der Waals surface area contributed by atoms with Gasteiger partial charge >= 0.3 is 0 Å². The molecule has 0 atom stereocenters. The van der Waals surface area contributed by atoms with Crippen LogP contribution in [-0.2, 0) is 13.1 Å². The van der Waals surface area contributed by atoms with Gasteiger partial charge in [0.25, 0.3) is 0 Å². The van der Waals surface area contributed by atoms with Crippen molar-refractivity contribution in [3.63, 3.8) is 0 Å². The molecule has 2 aromatic rings. The molecule has 6 heteroatoms. The molecule has 0 spiro atoms. The summed E-state index contributed by atoms with van der Waals surface area (Å²) < 4.78 is 8.44. The second kappa shape index (κ2) is 4.97. The van der Waals surface area contributed by atoms with Crippen molar-refractivity contribution in [1.82, 2.24) is 14.8 Å². The molecule has 0 unspecified atom stereocenters. The Bertz CT molecular complexity index is 531. The van der Waals surface area contributed by atoms with Crippen LogP contribution >= 0.6 is 15.9 Å². The number of fused-ring (bicyclic) bond motifs is 1. The van der Waals surface area contributed by atoms with Crippen LogP contribution in [0.25, 0.3) is 0 Å². The maximum atomic E-state index is 5.52. The van der Waals surface area contributed by atoms with E-state index in [9.17, 15) is 0 Å². The van der Waals surface area contributed by atoms with Crippen molar-refractivity contribution in [2.45, 2.75) is 19.5 Å². The number of nitrogens with zero attached hydrogens (tertiary/aromatic N) is 3. The van der Waals surface area contributed by atoms with Crippen LogP contribution in [-0.4, -0.2) is 21.4 Å². The summed E-state index contributed by atoms with van der Waals surface area (Å²) in [6.45, 7) is 2.36. The highest BCUT2D eigenvalue weighted by Crippen LogP contribution is 2.19. The molecule has 18 heavy (non-hydrogen) atoms. The second-order valence-corrected chi connectivity index (χ2v) is 5.03. The van der Waals surface area contributed by atoms with E-state index in [1.807, 2.05) is 22.9 Å². The van der Waals surface area contributed by atoms with E-state index in [2.05, 4.69) is 31.3 Å². The summed E-state index contributed by atoms with van der Waals surface area (Å²) in [6.07, 6.45) is 2.78. The monoisotopic (exact) mass is 308 g/mol. The molecule has 94 valence electrons.